The van der Waals surface area contributed by atoms with Gasteiger partial charge in [-0.25, -0.2) is 15.0 Å². The summed E-state index contributed by atoms with van der Waals surface area (Å²) in [4.78, 5) is 26.9. The summed E-state index contributed by atoms with van der Waals surface area (Å²) in [6.07, 6.45) is 0.710. The van der Waals surface area contributed by atoms with Gasteiger partial charge in [0.2, 0.25) is 0 Å². The molecule has 0 saturated heterocycles. The summed E-state index contributed by atoms with van der Waals surface area (Å²) in [6.45, 7) is 3.68. The van der Waals surface area contributed by atoms with Gasteiger partial charge in [0, 0.05) is 30.2 Å². The molecule has 31 heavy (non-hydrogen) atoms. The maximum atomic E-state index is 13.1. The molecule has 2 heterocycles. The number of hydrogen-bond acceptors (Lipinski definition) is 7. The largest absolute Gasteiger partial charge is 0.383 e. The van der Waals surface area contributed by atoms with E-state index in [4.69, 9.17) is 27.1 Å². The van der Waals surface area contributed by atoms with Crippen LogP contribution in [-0.4, -0.2) is 32.7 Å². The lowest BCUT2D eigenvalue weighted by atomic mass is 10.2. The van der Waals surface area contributed by atoms with Crippen molar-refractivity contribution in [2.45, 2.75) is 30.8 Å². The Morgan fingerprint density at radius 1 is 1.10 bits per heavy atom. The smallest absolute Gasteiger partial charge is 0.262 e. The average Bonchev–Trinajstić information content (AvgIpc) is 2.76. The van der Waals surface area contributed by atoms with Crippen LogP contribution in [0.2, 0.25) is 5.02 Å². The Kier molecular flexibility index (Phi) is 6.70. The fourth-order valence-corrected chi connectivity index (χ4v) is 4.34. The van der Waals surface area contributed by atoms with Crippen molar-refractivity contribution in [2.75, 3.05) is 18.9 Å². The van der Waals surface area contributed by atoms with E-state index in [1.165, 1.54) is 11.8 Å². The van der Waals surface area contributed by atoms with E-state index >= 15 is 0 Å². The van der Waals surface area contributed by atoms with Crippen LogP contribution in [0.25, 0.3) is 21.8 Å². The van der Waals surface area contributed by atoms with Crippen molar-refractivity contribution in [2.24, 2.45) is 0 Å². The monoisotopic (exact) mass is 455 g/mol. The summed E-state index contributed by atoms with van der Waals surface area (Å²) < 4.78 is 7.11. The summed E-state index contributed by atoms with van der Waals surface area (Å²) >= 11 is 7.52. The van der Waals surface area contributed by atoms with Crippen molar-refractivity contribution in [1.29, 1.82) is 0 Å². The average molecular weight is 456 g/mol. The van der Waals surface area contributed by atoms with Crippen LogP contribution in [0.3, 0.4) is 0 Å². The highest BCUT2D eigenvalue weighted by Gasteiger charge is 2.14. The molecule has 0 amide bonds. The Morgan fingerprint density at radius 2 is 1.94 bits per heavy atom. The number of anilines is 1. The molecule has 0 aliphatic rings. The number of rotatable bonds is 8. The van der Waals surface area contributed by atoms with Crippen LogP contribution >= 0.6 is 23.4 Å². The van der Waals surface area contributed by atoms with Crippen molar-refractivity contribution in [1.82, 2.24) is 19.5 Å². The lowest BCUT2D eigenvalue weighted by molar-refractivity contribution is 0.140. The molecule has 0 spiro atoms. The van der Waals surface area contributed by atoms with Crippen LogP contribution < -0.4 is 11.3 Å². The quantitative estimate of drug-likeness (QED) is 0.240. The highest BCUT2D eigenvalue weighted by molar-refractivity contribution is 7.98. The van der Waals surface area contributed by atoms with Gasteiger partial charge in [-0.3, -0.25) is 9.36 Å². The van der Waals surface area contributed by atoms with Crippen LogP contribution in [0, 0.1) is 0 Å². The summed E-state index contributed by atoms with van der Waals surface area (Å²) in [6, 6.07) is 12.7. The van der Waals surface area contributed by atoms with Gasteiger partial charge < -0.3 is 10.5 Å². The molecule has 0 atom stereocenters. The summed E-state index contributed by atoms with van der Waals surface area (Å²) in [5.74, 6) is 1.45. The van der Waals surface area contributed by atoms with Gasteiger partial charge in [-0.1, -0.05) is 35.5 Å². The van der Waals surface area contributed by atoms with Crippen LogP contribution in [0.5, 0.6) is 0 Å². The SMILES string of the molecule is CCOCCCn1c(SCc2nc(N)c3ccccc3n2)nc2cc(Cl)ccc2c1=O. The van der Waals surface area contributed by atoms with Crippen molar-refractivity contribution in [3.8, 4) is 0 Å². The second kappa shape index (κ2) is 9.64. The van der Waals surface area contributed by atoms with Gasteiger partial charge in [-0.05, 0) is 43.7 Å². The van der Waals surface area contributed by atoms with Crippen molar-refractivity contribution in [3.63, 3.8) is 0 Å². The van der Waals surface area contributed by atoms with E-state index in [1.54, 1.807) is 22.8 Å². The molecule has 0 unspecified atom stereocenters. The molecule has 4 rings (SSSR count). The molecule has 0 aliphatic carbocycles. The first-order valence-electron chi connectivity index (χ1n) is 9.98. The highest BCUT2D eigenvalue weighted by atomic mass is 35.5. The number of halogens is 1. The van der Waals surface area contributed by atoms with Gasteiger partial charge in [0.05, 0.1) is 22.2 Å². The van der Waals surface area contributed by atoms with Gasteiger partial charge in [0.15, 0.2) is 5.16 Å². The third kappa shape index (κ3) is 4.81. The summed E-state index contributed by atoms with van der Waals surface area (Å²) in [7, 11) is 0. The lowest BCUT2D eigenvalue weighted by Crippen LogP contribution is -2.24. The molecule has 160 valence electrons. The lowest BCUT2D eigenvalue weighted by Gasteiger charge is -2.13. The number of ether oxygens (including phenoxy) is 1. The number of fused-ring (bicyclic) bond motifs is 2. The van der Waals surface area contributed by atoms with Crippen LogP contribution in [0.15, 0.2) is 52.4 Å². The second-order valence-electron chi connectivity index (χ2n) is 6.89. The first-order valence-corrected chi connectivity index (χ1v) is 11.3. The van der Waals surface area contributed by atoms with Gasteiger partial charge in [0.1, 0.15) is 11.6 Å². The van der Waals surface area contributed by atoms with Gasteiger partial charge in [-0.2, -0.15) is 0 Å². The first kappa shape index (κ1) is 21.5. The van der Waals surface area contributed by atoms with Crippen molar-refractivity contribution in [3.05, 3.63) is 63.7 Å². The number of thioether (sulfide) groups is 1. The zero-order chi connectivity index (χ0) is 21.8. The molecule has 2 aromatic carbocycles. The van der Waals surface area contributed by atoms with Crippen LogP contribution in [0.4, 0.5) is 5.82 Å². The molecule has 4 aromatic rings. The maximum absolute atomic E-state index is 13.1. The number of aromatic nitrogens is 4. The van der Waals surface area contributed by atoms with E-state index in [1.807, 2.05) is 31.2 Å². The predicted octanol–water partition coefficient (Wildman–Crippen LogP) is 4.29. The van der Waals surface area contributed by atoms with E-state index in [0.717, 1.165) is 10.9 Å². The number of nitrogens with two attached hydrogens (primary N) is 1. The number of nitrogen functional groups attached to an aromatic ring is 1. The van der Waals surface area contributed by atoms with Crippen molar-refractivity contribution >= 4 is 51.0 Å². The zero-order valence-corrected chi connectivity index (χ0v) is 18.6. The third-order valence-corrected chi connectivity index (χ3v) is 5.97. The fraction of sp³-hybridized carbons (Fsp3) is 0.273. The first-order chi connectivity index (χ1) is 15.1. The van der Waals surface area contributed by atoms with Gasteiger partial charge in [0.25, 0.3) is 5.56 Å². The maximum Gasteiger partial charge on any atom is 0.262 e. The molecular formula is C22H22ClN5O2S. The van der Waals surface area contributed by atoms with Crippen LogP contribution in [-0.2, 0) is 17.0 Å². The predicted molar refractivity (Wildman–Crippen MR) is 126 cm³/mol. The normalized spacial score (nSPS) is 11.4. The molecule has 2 aromatic heterocycles. The van der Waals surface area contributed by atoms with E-state index in [-0.39, 0.29) is 5.56 Å². The minimum absolute atomic E-state index is 0.0976. The molecule has 7 nitrogen and oxygen atoms in total. The van der Waals surface area contributed by atoms with E-state index in [0.29, 0.717) is 64.7 Å². The van der Waals surface area contributed by atoms with Crippen molar-refractivity contribution < 1.29 is 4.74 Å². The molecule has 0 bridgehead atoms. The summed E-state index contributed by atoms with van der Waals surface area (Å²) in [5, 5.41) is 2.49. The van der Waals surface area contributed by atoms with E-state index < -0.39 is 0 Å². The fourth-order valence-electron chi connectivity index (χ4n) is 3.29. The topological polar surface area (TPSA) is 95.9 Å². The minimum Gasteiger partial charge on any atom is -0.383 e. The minimum atomic E-state index is -0.0976. The van der Waals surface area contributed by atoms with E-state index in [2.05, 4.69) is 9.97 Å². The zero-order valence-electron chi connectivity index (χ0n) is 17.0. The molecule has 0 saturated carbocycles. The standard InChI is InChI=1S/C22H22ClN5O2S/c1-2-30-11-5-10-28-21(29)16-9-8-14(23)12-18(16)26-22(28)31-13-19-25-17-7-4-3-6-15(17)20(24)27-19/h3-4,6-9,12H,2,5,10-11,13H2,1H3,(H2,24,25,27). The molecule has 2 N–H and O–H groups in total. The molecule has 0 fully saturated rings. The molecule has 0 aliphatic heterocycles. The second-order valence-corrected chi connectivity index (χ2v) is 8.27. The molecule has 0 radical (unpaired) electrons. The Balaban J connectivity index is 1.67. The Morgan fingerprint density at radius 3 is 2.77 bits per heavy atom. The Bertz CT molecular complexity index is 1290. The van der Waals surface area contributed by atoms with Gasteiger partial charge in [-0.15, -0.1) is 0 Å². The third-order valence-electron chi connectivity index (χ3n) is 4.77. The summed E-state index contributed by atoms with van der Waals surface area (Å²) in [5.41, 5.74) is 7.37. The van der Waals surface area contributed by atoms with E-state index in [9.17, 15) is 4.79 Å². The number of benzene rings is 2. The number of nitrogens with zero attached hydrogens (tertiary/aromatic N) is 4. The number of hydrogen-bond donors (Lipinski definition) is 1. The Hall–Kier alpha value is -2.68. The highest BCUT2D eigenvalue weighted by Crippen LogP contribution is 2.25. The molecular weight excluding hydrogens is 434 g/mol. The number of para-hydroxylation sites is 1. The Labute approximate surface area is 188 Å². The van der Waals surface area contributed by atoms with Gasteiger partial charge >= 0.3 is 0 Å². The van der Waals surface area contributed by atoms with Crippen LogP contribution in [0.1, 0.15) is 19.2 Å². The molecule has 9 heteroatoms.